The molecule has 0 aliphatic carbocycles. The molecular weight excluding hydrogens is 238 g/mol. The van der Waals surface area contributed by atoms with Crippen molar-refractivity contribution in [1.29, 1.82) is 5.26 Å². The molecule has 0 aromatic heterocycles. The van der Waals surface area contributed by atoms with Gasteiger partial charge in [0.05, 0.1) is 12.0 Å². The van der Waals surface area contributed by atoms with Crippen molar-refractivity contribution in [2.75, 3.05) is 13.6 Å². The first-order valence-electron chi connectivity index (χ1n) is 5.48. The number of hydrogen-bond acceptors (Lipinski definition) is 2. The van der Waals surface area contributed by atoms with Gasteiger partial charge in [-0.1, -0.05) is 6.07 Å². The Morgan fingerprint density at radius 1 is 1.50 bits per heavy atom. The van der Waals surface area contributed by atoms with E-state index in [0.717, 1.165) is 11.0 Å². The van der Waals surface area contributed by atoms with E-state index in [1.54, 1.807) is 6.92 Å². The lowest BCUT2D eigenvalue weighted by molar-refractivity contribution is 0.0775. The summed E-state index contributed by atoms with van der Waals surface area (Å²) in [7, 11) is 1.41. The molecule has 0 heterocycles. The Morgan fingerprint density at radius 3 is 2.67 bits per heavy atom. The predicted octanol–water partition coefficient (Wildman–Crippen LogP) is 2.50. The van der Waals surface area contributed by atoms with E-state index in [0.29, 0.717) is 0 Å². The van der Waals surface area contributed by atoms with Gasteiger partial charge in [0.25, 0.3) is 5.91 Å². The third-order valence-electron chi connectivity index (χ3n) is 2.61. The van der Waals surface area contributed by atoms with Crippen LogP contribution < -0.4 is 0 Å². The van der Waals surface area contributed by atoms with Crippen LogP contribution in [-0.2, 0) is 0 Å². The lowest BCUT2D eigenvalue weighted by atomic mass is 10.1. The van der Waals surface area contributed by atoms with E-state index in [2.05, 4.69) is 0 Å². The van der Waals surface area contributed by atoms with Gasteiger partial charge in [-0.2, -0.15) is 5.26 Å². The van der Waals surface area contributed by atoms with Gasteiger partial charge in [0.1, 0.15) is 17.2 Å². The molecule has 0 aliphatic rings. The second kappa shape index (κ2) is 5.58. The smallest absolute Gasteiger partial charge is 0.259 e. The minimum Gasteiger partial charge on any atom is -0.340 e. The van der Waals surface area contributed by atoms with Gasteiger partial charge in [0.2, 0.25) is 0 Å². The van der Waals surface area contributed by atoms with Crippen molar-refractivity contribution >= 4 is 5.91 Å². The predicted molar refractivity (Wildman–Crippen MR) is 62.8 cm³/mol. The third-order valence-corrected chi connectivity index (χ3v) is 2.61. The summed E-state index contributed by atoms with van der Waals surface area (Å²) in [6.45, 7) is 3.22. The number of rotatable bonds is 3. The normalized spacial score (nSPS) is 11.8. The molecule has 18 heavy (non-hydrogen) atoms. The zero-order valence-electron chi connectivity index (χ0n) is 10.5. The summed E-state index contributed by atoms with van der Waals surface area (Å²) in [5.41, 5.74) is -0.357. The zero-order chi connectivity index (χ0) is 13.9. The molecule has 96 valence electrons. The Kier molecular flexibility index (Phi) is 4.38. The fourth-order valence-electron chi connectivity index (χ4n) is 1.58. The molecule has 0 spiro atoms. The largest absolute Gasteiger partial charge is 0.340 e. The summed E-state index contributed by atoms with van der Waals surface area (Å²) < 4.78 is 27.2. The maximum atomic E-state index is 13.7. The Labute approximate surface area is 105 Å². The van der Waals surface area contributed by atoms with E-state index in [1.165, 1.54) is 20.0 Å². The molecule has 1 unspecified atom stereocenters. The summed E-state index contributed by atoms with van der Waals surface area (Å²) >= 11 is 0. The third kappa shape index (κ3) is 2.83. The lowest BCUT2D eigenvalue weighted by Crippen LogP contribution is -2.32. The van der Waals surface area contributed by atoms with E-state index >= 15 is 0 Å². The van der Waals surface area contributed by atoms with Crippen molar-refractivity contribution in [2.45, 2.75) is 13.8 Å². The minimum atomic E-state index is -0.889. The van der Waals surface area contributed by atoms with E-state index in [1.807, 2.05) is 6.07 Å². The molecule has 1 atom stereocenters. The monoisotopic (exact) mass is 252 g/mol. The highest BCUT2D eigenvalue weighted by Crippen LogP contribution is 2.18. The number of hydrogen-bond donors (Lipinski definition) is 0. The van der Waals surface area contributed by atoms with E-state index in [4.69, 9.17) is 5.26 Å². The summed E-state index contributed by atoms with van der Waals surface area (Å²) in [6.07, 6.45) is 0. The number of amides is 1. The van der Waals surface area contributed by atoms with Crippen LogP contribution in [0.25, 0.3) is 0 Å². The highest BCUT2D eigenvalue weighted by Gasteiger charge is 2.23. The molecule has 5 heteroatoms. The van der Waals surface area contributed by atoms with Crippen LogP contribution in [0.15, 0.2) is 12.1 Å². The van der Waals surface area contributed by atoms with Crippen molar-refractivity contribution < 1.29 is 13.6 Å². The molecule has 0 aliphatic heterocycles. The summed E-state index contributed by atoms with van der Waals surface area (Å²) in [6, 6.07) is 4.30. The SMILES string of the molecule is Cc1ccc(F)c(C(=O)N(C)CC(C)C#N)c1F. The van der Waals surface area contributed by atoms with Crippen LogP contribution in [0.3, 0.4) is 0 Å². The standard InChI is InChI=1S/C13H14F2N2O/c1-8(6-16)7-17(3)13(18)11-10(14)5-4-9(2)12(11)15/h4-5,8H,7H2,1-3H3. The van der Waals surface area contributed by atoms with E-state index in [9.17, 15) is 13.6 Å². The maximum Gasteiger partial charge on any atom is 0.259 e. The Bertz CT molecular complexity index is 508. The average molecular weight is 252 g/mol. The van der Waals surface area contributed by atoms with E-state index < -0.39 is 29.0 Å². The highest BCUT2D eigenvalue weighted by atomic mass is 19.1. The van der Waals surface area contributed by atoms with Crippen LogP contribution in [0.4, 0.5) is 8.78 Å². The summed E-state index contributed by atoms with van der Waals surface area (Å²) in [4.78, 5) is 13.1. The van der Waals surface area contributed by atoms with Crippen LogP contribution in [0.5, 0.6) is 0 Å². The van der Waals surface area contributed by atoms with Gasteiger partial charge in [0.15, 0.2) is 0 Å². The van der Waals surface area contributed by atoms with Gasteiger partial charge in [0, 0.05) is 13.6 Å². The fraction of sp³-hybridized carbons (Fsp3) is 0.385. The van der Waals surface area contributed by atoms with Crippen molar-refractivity contribution in [3.8, 4) is 6.07 Å². The summed E-state index contributed by atoms with van der Waals surface area (Å²) in [5, 5.41) is 8.65. The minimum absolute atomic E-state index is 0.127. The van der Waals surface area contributed by atoms with Gasteiger partial charge in [-0.05, 0) is 25.5 Å². The van der Waals surface area contributed by atoms with Crippen molar-refractivity contribution in [2.24, 2.45) is 5.92 Å². The first-order valence-corrected chi connectivity index (χ1v) is 5.48. The first-order chi connectivity index (χ1) is 8.38. The van der Waals surface area contributed by atoms with Crippen LogP contribution in [0, 0.1) is 35.8 Å². The second-order valence-corrected chi connectivity index (χ2v) is 4.27. The van der Waals surface area contributed by atoms with E-state index in [-0.39, 0.29) is 12.1 Å². The number of nitrogens with zero attached hydrogens (tertiary/aromatic N) is 2. The topological polar surface area (TPSA) is 44.1 Å². The van der Waals surface area contributed by atoms with Crippen molar-refractivity contribution in [3.63, 3.8) is 0 Å². The highest BCUT2D eigenvalue weighted by molar-refractivity contribution is 5.94. The molecule has 0 saturated heterocycles. The number of benzene rings is 1. The van der Waals surface area contributed by atoms with Crippen LogP contribution >= 0.6 is 0 Å². The molecule has 0 fully saturated rings. The molecule has 1 rings (SSSR count). The Morgan fingerprint density at radius 2 is 2.11 bits per heavy atom. The van der Waals surface area contributed by atoms with Gasteiger partial charge < -0.3 is 4.90 Å². The van der Waals surface area contributed by atoms with Gasteiger partial charge in [-0.25, -0.2) is 8.78 Å². The molecule has 3 nitrogen and oxygen atoms in total. The first kappa shape index (κ1) is 14.1. The average Bonchev–Trinajstić information content (AvgIpc) is 2.33. The molecule has 1 aromatic rings. The zero-order valence-corrected chi connectivity index (χ0v) is 10.5. The van der Waals surface area contributed by atoms with Crippen molar-refractivity contribution in [1.82, 2.24) is 4.90 Å². The van der Waals surface area contributed by atoms with Crippen LogP contribution in [0.1, 0.15) is 22.8 Å². The molecule has 1 aromatic carbocycles. The van der Waals surface area contributed by atoms with Crippen LogP contribution in [-0.4, -0.2) is 24.4 Å². The fourth-order valence-corrected chi connectivity index (χ4v) is 1.58. The van der Waals surface area contributed by atoms with Gasteiger partial charge in [-0.3, -0.25) is 4.79 Å². The number of carbonyl (C=O) groups is 1. The molecule has 0 bridgehead atoms. The van der Waals surface area contributed by atoms with Crippen LogP contribution in [0.2, 0.25) is 0 Å². The Hall–Kier alpha value is -1.96. The molecule has 0 radical (unpaired) electrons. The maximum absolute atomic E-state index is 13.7. The molecule has 0 N–H and O–H groups in total. The molecular formula is C13H14F2N2O. The second-order valence-electron chi connectivity index (χ2n) is 4.27. The molecule has 1 amide bonds. The number of halogens is 2. The quantitative estimate of drug-likeness (QED) is 0.829. The number of nitriles is 1. The lowest BCUT2D eigenvalue weighted by Gasteiger charge is -2.19. The number of aryl methyl sites for hydroxylation is 1. The number of carbonyl (C=O) groups excluding carboxylic acids is 1. The Balaban J connectivity index is 3.05. The molecule has 0 saturated carbocycles. The summed E-state index contributed by atoms with van der Waals surface area (Å²) in [5.74, 6) is -2.89. The van der Waals surface area contributed by atoms with Gasteiger partial charge in [-0.15, -0.1) is 0 Å². The van der Waals surface area contributed by atoms with Crippen molar-refractivity contribution in [3.05, 3.63) is 34.9 Å². The van der Waals surface area contributed by atoms with Gasteiger partial charge >= 0.3 is 0 Å².